The topological polar surface area (TPSA) is 50.9 Å². The Morgan fingerprint density at radius 3 is 2.64 bits per heavy atom. The van der Waals surface area contributed by atoms with Crippen molar-refractivity contribution in [3.05, 3.63) is 48.0 Å². The predicted molar refractivity (Wildman–Crippen MR) is 86.4 cm³/mol. The van der Waals surface area contributed by atoms with E-state index in [2.05, 4.69) is 55.1 Å². The lowest BCUT2D eigenvalue weighted by Gasteiger charge is -2.40. The van der Waals surface area contributed by atoms with Crippen molar-refractivity contribution in [1.82, 2.24) is 14.8 Å². The molecule has 1 aliphatic carbocycles. The fraction of sp³-hybridized carbons (Fsp3) is 0.556. The fourth-order valence-corrected chi connectivity index (χ4v) is 3.73. The van der Waals surface area contributed by atoms with Crippen LogP contribution in [0, 0.1) is 18.3 Å². The molecule has 0 radical (unpaired) electrons. The van der Waals surface area contributed by atoms with E-state index in [0.29, 0.717) is 6.54 Å². The molecule has 0 spiro atoms. The standard InChI is InChI=1S/C18H25N3O/c1-14-4-6-15(7-5-14)10-16-8-9-17(2,3)18(16,22)11-21-13-19-12-20-21/h4-7,12-13,16,22H,8-11H2,1-3H3. The number of hydrogen-bond donors (Lipinski definition) is 1. The molecule has 2 atom stereocenters. The molecule has 1 saturated carbocycles. The molecule has 3 rings (SSSR count). The first kappa shape index (κ1) is 15.2. The zero-order valence-corrected chi connectivity index (χ0v) is 13.7. The van der Waals surface area contributed by atoms with Crippen molar-refractivity contribution in [2.24, 2.45) is 11.3 Å². The van der Waals surface area contributed by atoms with E-state index >= 15 is 0 Å². The summed E-state index contributed by atoms with van der Waals surface area (Å²) in [5.41, 5.74) is 1.69. The van der Waals surface area contributed by atoms with Crippen LogP contribution < -0.4 is 0 Å². The molecule has 0 aliphatic heterocycles. The third-order valence-corrected chi connectivity index (χ3v) is 5.44. The van der Waals surface area contributed by atoms with Gasteiger partial charge in [0.1, 0.15) is 12.7 Å². The van der Waals surface area contributed by atoms with Crippen LogP contribution in [0.3, 0.4) is 0 Å². The molecule has 1 heterocycles. The van der Waals surface area contributed by atoms with Gasteiger partial charge in [-0.15, -0.1) is 0 Å². The van der Waals surface area contributed by atoms with Gasteiger partial charge in [-0.2, -0.15) is 5.10 Å². The van der Waals surface area contributed by atoms with Crippen LogP contribution in [0.2, 0.25) is 0 Å². The van der Waals surface area contributed by atoms with Gasteiger partial charge >= 0.3 is 0 Å². The summed E-state index contributed by atoms with van der Waals surface area (Å²) in [4.78, 5) is 4.00. The number of aliphatic hydroxyl groups is 1. The average Bonchev–Trinajstić information content (AvgIpc) is 3.04. The molecule has 1 fully saturated rings. The predicted octanol–water partition coefficient (Wildman–Crippen LogP) is 3.00. The van der Waals surface area contributed by atoms with E-state index in [-0.39, 0.29) is 11.3 Å². The Morgan fingerprint density at radius 2 is 2.00 bits per heavy atom. The number of hydrogen-bond acceptors (Lipinski definition) is 3. The van der Waals surface area contributed by atoms with Gasteiger partial charge in [0, 0.05) is 0 Å². The van der Waals surface area contributed by atoms with Crippen molar-refractivity contribution < 1.29 is 5.11 Å². The zero-order chi connectivity index (χ0) is 15.8. The van der Waals surface area contributed by atoms with Gasteiger partial charge in [0.25, 0.3) is 0 Å². The maximum absolute atomic E-state index is 11.5. The van der Waals surface area contributed by atoms with Gasteiger partial charge in [0.05, 0.1) is 12.1 Å². The van der Waals surface area contributed by atoms with Crippen LogP contribution in [-0.2, 0) is 13.0 Å². The molecule has 1 aromatic heterocycles. The second kappa shape index (κ2) is 5.51. The molecular weight excluding hydrogens is 274 g/mol. The highest BCUT2D eigenvalue weighted by Crippen LogP contribution is 2.51. The molecule has 118 valence electrons. The van der Waals surface area contributed by atoms with Gasteiger partial charge in [0.15, 0.2) is 0 Å². The largest absolute Gasteiger partial charge is 0.387 e. The van der Waals surface area contributed by atoms with Crippen molar-refractivity contribution in [2.45, 2.75) is 52.2 Å². The summed E-state index contributed by atoms with van der Waals surface area (Å²) >= 11 is 0. The van der Waals surface area contributed by atoms with E-state index in [4.69, 9.17) is 0 Å². The van der Waals surface area contributed by atoms with E-state index in [1.54, 1.807) is 11.0 Å². The lowest BCUT2D eigenvalue weighted by Crippen LogP contribution is -2.49. The minimum atomic E-state index is -0.758. The van der Waals surface area contributed by atoms with E-state index in [9.17, 15) is 5.11 Å². The molecule has 0 saturated heterocycles. The number of aryl methyl sites for hydroxylation is 1. The molecule has 2 unspecified atom stereocenters. The number of nitrogens with zero attached hydrogens (tertiary/aromatic N) is 3. The van der Waals surface area contributed by atoms with Gasteiger partial charge in [-0.3, -0.25) is 4.68 Å². The minimum Gasteiger partial charge on any atom is -0.387 e. The minimum absolute atomic E-state index is 0.117. The third-order valence-electron chi connectivity index (χ3n) is 5.44. The van der Waals surface area contributed by atoms with Crippen molar-refractivity contribution in [3.8, 4) is 0 Å². The lowest BCUT2D eigenvalue weighted by atomic mass is 9.72. The van der Waals surface area contributed by atoms with Gasteiger partial charge in [0.2, 0.25) is 0 Å². The van der Waals surface area contributed by atoms with E-state index in [1.807, 2.05) is 0 Å². The van der Waals surface area contributed by atoms with E-state index in [1.165, 1.54) is 17.5 Å². The van der Waals surface area contributed by atoms with Crippen LogP contribution in [-0.4, -0.2) is 25.5 Å². The molecule has 1 aromatic carbocycles. The molecule has 2 aromatic rings. The molecule has 0 bridgehead atoms. The first-order valence-electron chi connectivity index (χ1n) is 8.01. The first-order valence-corrected chi connectivity index (χ1v) is 8.01. The average molecular weight is 299 g/mol. The summed E-state index contributed by atoms with van der Waals surface area (Å²) < 4.78 is 1.76. The van der Waals surface area contributed by atoms with Crippen LogP contribution in [0.1, 0.15) is 37.8 Å². The van der Waals surface area contributed by atoms with Crippen LogP contribution in [0.15, 0.2) is 36.9 Å². The summed E-state index contributed by atoms with van der Waals surface area (Å²) in [5, 5.41) is 15.7. The van der Waals surface area contributed by atoms with Crippen molar-refractivity contribution in [1.29, 1.82) is 0 Å². The van der Waals surface area contributed by atoms with Gasteiger partial charge < -0.3 is 5.11 Å². The van der Waals surface area contributed by atoms with Crippen molar-refractivity contribution in [2.75, 3.05) is 0 Å². The number of aromatic nitrogens is 3. The van der Waals surface area contributed by atoms with E-state index < -0.39 is 5.60 Å². The first-order chi connectivity index (χ1) is 10.4. The number of benzene rings is 1. The molecule has 22 heavy (non-hydrogen) atoms. The zero-order valence-electron chi connectivity index (χ0n) is 13.7. The second-order valence-electron chi connectivity index (χ2n) is 7.33. The molecule has 4 nitrogen and oxygen atoms in total. The summed E-state index contributed by atoms with van der Waals surface area (Å²) in [6.45, 7) is 6.94. The summed E-state index contributed by atoms with van der Waals surface area (Å²) in [7, 11) is 0. The Balaban J connectivity index is 1.84. The smallest absolute Gasteiger partial charge is 0.137 e. The molecule has 1 N–H and O–H groups in total. The van der Waals surface area contributed by atoms with Crippen LogP contribution >= 0.6 is 0 Å². The summed E-state index contributed by atoms with van der Waals surface area (Å²) in [5.74, 6) is 0.245. The Hall–Kier alpha value is -1.68. The Labute approximate surface area is 132 Å². The maximum atomic E-state index is 11.5. The van der Waals surface area contributed by atoms with Crippen LogP contribution in [0.25, 0.3) is 0 Å². The summed E-state index contributed by atoms with van der Waals surface area (Å²) in [6, 6.07) is 8.64. The van der Waals surface area contributed by atoms with Crippen molar-refractivity contribution >= 4 is 0 Å². The van der Waals surface area contributed by atoms with Gasteiger partial charge in [-0.1, -0.05) is 43.7 Å². The Bertz CT molecular complexity index is 618. The second-order valence-corrected chi connectivity index (χ2v) is 7.33. The van der Waals surface area contributed by atoms with E-state index in [0.717, 1.165) is 19.3 Å². The maximum Gasteiger partial charge on any atom is 0.137 e. The number of rotatable bonds is 4. The molecule has 1 aliphatic rings. The SMILES string of the molecule is Cc1ccc(CC2CCC(C)(C)C2(O)Cn2cncn2)cc1. The Kier molecular flexibility index (Phi) is 3.81. The highest BCUT2D eigenvalue weighted by Gasteiger charge is 2.54. The molecular formula is C18H25N3O. The normalized spacial score (nSPS) is 27.2. The molecule has 0 amide bonds. The highest BCUT2D eigenvalue weighted by molar-refractivity contribution is 5.23. The molecule has 4 heteroatoms. The quantitative estimate of drug-likeness (QED) is 0.944. The van der Waals surface area contributed by atoms with Gasteiger partial charge in [-0.05, 0) is 43.1 Å². The highest BCUT2D eigenvalue weighted by atomic mass is 16.3. The van der Waals surface area contributed by atoms with Crippen molar-refractivity contribution in [3.63, 3.8) is 0 Å². The monoisotopic (exact) mass is 299 g/mol. The third kappa shape index (κ3) is 2.68. The fourth-order valence-electron chi connectivity index (χ4n) is 3.73. The lowest BCUT2D eigenvalue weighted by molar-refractivity contribution is -0.0907. The van der Waals surface area contributed by atoms with Crippen LogP contribution in [0.4, 0.5) is 0 Å². The van der Waals surface area contributed by atoms with Gasteiger partial charge in [-0.25, -0.2) is 4.98 Å². The summed E-state index contributed by atoms with van der Waals surface area (Å²) in [6.07, 6.45) is 6.21. The van der Waals surface area contributed by atoms with Crippen LogP contribution in [0.5, 0.6) is 0 Å². The Morgan fingerprint density at radius 1 is 1.27 bits per heavy atom.